The zero-order chi connectivity index (χ0) is 21.1. The molecule has 3 aromatic carbocycles. The number of ether oxygens (including phenoxy) is 1. The van der Waals surface area contributed by atoms with Gasteiger partial charge in [0.1, 0.15) is 11.3 Å². The van der Waals surface area contributed by atoms with Gasteiger partial charge in [0, 0.05) is 16.8 Å². The summed E-state index contributed by atoms with van der Waals surface area (Å²) in [4.78, 5) is 17.1. The molecule has 0 aliphatic heterocycles. The number of amides is 1. The fraction of sp³-hybridized carbons (Fsp3) is 0.200. The number of nitrogens with zero attached hydrogens (tertiary/aromatic N) is 1. The average molecular weight is 400 g/mol. The lowest BCUT2D eigenvalue weighted by Crippen LogP contribution is -2.11. The third kappa shape index (κ3) is 4.06. The molecule has 0 aliphatic rings. The van der Waals surface area contributed by atoms with Crippen LogP contribution in [0.1, 0.15) is 42.1 Å². The highest BCUT2D eigenvalue weighted by Gasteiger charge is 2.12. The van der Waals surface area contributed by atoms with Gasteiger partial charge >= 0.3 is 0 Å². The van der Waals surface area contributed by atoms with Gasteiger partial charge in [0.05, 0.1) is 7.11 Å². The number of aromatic nitrogens is 1. The molecule has 152 valence electrons. The van der Waals surface area contributed by atoms with Crippen molar-refractivity contribution in [2.24, 2.45) is 0 Å². The SMILES string of the molecule is CCC(C)c1ccc2oc(-c3ccc(NC(=O)c4cccc(OC)c4)cc3)nc2c1. The fourth-order valence-electron chi connectivity index (χ4n) is 3.27. The molecule has 0 saturated carbocycles. The van der Waals surface area contributed by atoms with E-state index in [0.717, 1.165) is 23.1 Å². The van der Waals surface area contributed by atoms with E-state index >= 15 is 0 Å². The van der Waals surface area contributed by atoms with Crippen LogP contribution < -0.4 is 10.1 Å². The Labute approximate surface area is 175 Å². The van der Waals surface area contributed by atoms with Crippen LogP contribution in [0.15, 0.2) is 71.1 Å². The standard InChI is InChI=1S/C25H24N2O3/c1-4-16(2)18-10-13-23-22(15-18)27-25(30-23)17-8-11-20(12-9-17)26-24(28)19-6-5-7-21(14-19)29-3/h5-16H,4H2,1-3H3,(H,26,28). The normalized spacial score (nSPS) is 12.0. The van der Waals surface area contributed by atoms with Crippen molar-refractivity contribution in [1.29, 1.82) is 0 Å². The van der Waals surface area contributed by atoms with Crippen LogP contribution in [0.3, 0.4) is 0 Å². The van der Waals surface area contributed by atoms with Gasteiger partial charge in [0.25, 0.3) is 5.91 Å². The molecule has 0 saturated heterocycles. The summed E-state index contributed by atoms with van der Waals surface area (Å²) in [5, 5.41) is 2.90. The third-order valence-electron chi connectivity index (χ3n) is 5.31. The van der Waals surface area contributed by atoms with E-state index in [-0.39, 0.29) is 5.91 Å². The van der Waals surface area contributed by atoms with E-state index in [1.54, 1.807) is 31.4 Å². The number of hydrogen-bond donors (Lipinski definition) is 1. The molecule has 4 aromatic rings. The molecule has 0 bridgehead atoms. The number of hydrogen-bond acceptors (Lipinski definition) is 4. The van der Waals surface area contributed by atoms with E-state index in [4.69, 9.17) is 9.15 Å². The Morgan fingerprint density at radius 3 is 2.63 bits per heavy atom. The molecular weight excluding hydrogens is 376 g/mol. The Hall–Kier alpha value is -3.60. The number of anilines is 1. The highest BCUT2D eigenvalue weighted by Crippen LogP contribution is 2.28. The zero-order valence-corrected chi connectivity index (χ0v) is 17.3. The second kappa shape index (κ2) is 8.41. The second-order valence-corrected chi connectivity index (χ2v) is 7.32. The van der Waals surface area contributed by atoms with E-state index in [2.05, 4.69) is 36.3 Å². The van der Waals surface area contributed by atoms with Crippen molar-refractivity contribution >= 4 is 22.7 Å². The lowest BCUT2D eigenvalue weighted by atomic mass is 9.98. The number of nitrogens with one attached hydrogen (secondary N) is 1. The maximum absolute atomic E-state index is 12.5. The molecule has 30 heavy (non-hydrogen) atoms. The van der Waals surface area contributed by atoms with Crippen LogP contribution in [0.4, 0.5) is 5.69 Å². The molecule has 4 rings (SSSR count). The third-order valence-corrected chi connectivity index (χ3v) is 5.31. The maximum atomic E-state index is 12.5. The van der Waals surface area contributed by atoms with Crippen LogP contribution in [0.2, 0.25) is 0 Å². The van der Waals surface area contributed by atoms with Gasteiger partial charge in [-0.25, -0.2) is 4.98 Å². The number of oxazole rings is 1. The van der Waals surface area contributed by atoms with Gasteiger partial charge in [0.15, 0.2) is 5.58 Å². The molecule has 1 amide bonds. The predicted octanol–water partition coefficient (Wildman–Crippen LogP) is 6.27. The number of carbonyl (C=O) groups excluding carboxylic acids is 1. The summed E-state index contributed by atoms with van der Waals surface area (Å²) in [5.41, 5.74) is 4.98. The van der Waals surface area contributed by atoms with Crippen LogP contribution in [0, 0.1) is 0 Å². The summed E-state index contributed by atoms with van der Waals surface area (Å²) in [5.74, 6) is 1.51. The van der Waals surface area contributed by atoms with E-state index in [0.29, 0.717) is 28.8 Å². The summed E-state index contributed by atoms with van der Waals surface area (Å²) in [6, 6.07) is 20.7. The first-order chi connectivity index (χ1) is 14.6. The minimum Gasteiger partial charge on any atom is -0.497 e. The number of benzene rings is 3. The maximum Gasteiger partial charge on any atom is 0.255 e. The number of fused-ring (bicyclic) bond motifs is 1. The first-order valence-corrected chi connectivity index (χ1v) is 10.0. The van der Waals surface area contributed by atoms with Gasteiger partial charge in [0.2, 0.25) is 5.89 Å². The summed E-state index contributed by atoms with van der Waals surface area (Å²) in [6.07, 6.45) is 1.08. The summed E-state index contributed by atoms with van der Waals surface area (Å²) >= 11 is 0. The van der Waals surface area contributed by atoms with Crippen molar-refractivity contribution in [3.63, 3.8) is 0 Å². The highest BCUT2D eigenvalue weighted by molar-refractivity contribution is 6.04. The first-order valence-electron chi connectivity index (χ1n) is 10.0. The fourth-order valence-corrected chi connectivity index (χ4v) is 3.27. The van der Waals surface area contributed by atoms with Crippen molar-refractivity contribution in [1.82, 2.24) is 4.98 Å². The summed E-state index contributed by atoms with van der Waals surface area (Å²) < 4.78 is 11.1. The number of rotatable bonds is 6. The molecule has 0 fully saturated rings. The van der Waals surface area contributed by atoms with Crippen LogP contribution >= 0.6 is 0 Å². The quantitative estimate of drug-likeness (QED) is 0.414. The van der Waals surface area contributed by atoms with Gasteiger partial charge in [-0.2, -0.15) is 0 Å². The van der Waals surface area contributed by atoms with E-state index in [9.17, 15) is 4.79 Å². The minimum atomic E-state index is -0.193. The van der Waals surface area contributed by atoms with Crippen LogP contribution in [-0.4, -0.2) is 18.0 Å². The molecule has 1 atom stereocenters. The number of methoxy groups -OCH3 is 1. The Morgan fingerprint density at radius 2 is 1.90 bits per heavy atom. The molecular formula is C25H24N2O3. The first kappa shape index (κ1) is 19.7. The van der Waals surface area contributed by atoms with E-state index < -0.39 is 0 Å². The molecule has 0 aliphatic carbocycles. The average Bonchev–Trinajstić information content (AvgIpc) is 3.22. The Morgan fingerprint density at radius 1 is 1.10 bits per heavy atom. The van der Waals surface area contributed by atoms with Gasteiger partial charge in [-0.15, -0.1) is 0 Å². The zero-order valence-electron chi connectivity index (χ0n) is 17.3. The van der Waals surface area contributed by atoms with Gasteiger partial charge in [-0.05, 0) is 72.5 Å². The monoisotopic (exact) mass is 400 g/mol. The summed E-state index contributed by atoms with van der Waals surface area (Å²) in [6.45, 7) is 4.39. The lowest BCUT2D eigenvalue weighted by molar-refractivity contribution is 0.102. The van der Waals surface area contributed by atoms with Crippen LogP contribution in [0.5, 0.6) is 5.75 Å². The molecule has 1 heterocycles. The van der Waals surface area contributed by atoms with E-state index in [1.165, 1.54) is 5.56 Å². The molecule has 0 radical (unpaired) electrons. The van der Waals surface area contributed by atoms with Crippen molar-refractivity contribution < 1.29 is 13.9 Å². The van der Waals surface area contributed by atoms with Crippen LogP contribution in [0.25, 0.3) is 22.6 Å². The largest absolute Gasteiger partial charge is 0.497 e. The lowest BCUT2D eigenvalue weighted by Gasteiger charge is -2.07. The second-order valence-electron chi connectivity index (χ2n) is 7.32. The van der Waals surface area contributed by atoms with Crippen molar-refractivity contribution in [2.45, 2.75) is 26.2 Å². The topological polar surface area (TPSA) is 64.4 Å². The molecule has 1 N–H and O–H groups in total. The number of carbonyl (C=O) groups is 1. The molecule has 1 unspecified atom stereocenters. The van der Waals surface area contributed by atoms with E-state index in [1.807, 2.05) is 30.3 Å². The van der Waals surface area contributed by atoms with Crippen molar-refractivity contribution in [2.75, 3.05) is 12.4 Å². The van der Waals surface area contributed by atoms with Gasteiger partial charge in [-0.3, -0.25) is 4.79 Å². The van der Waals surface area contributed by atoms with Gasteiger partial charge in [-0.1, -0.05) is 26.0 Å². The van der Waals surface area contributed by atoms with Crippen LogP contribution in [-0.2, 0) is 0 Å². The molecule has 1 aromatic heterocycles. The minimum absolute atomic E-state index is 0.193. The highest BCUT2D eigenvalue weighted by atomic mass is 16.5. The summed E-state index contributed by atoms with van der Waals surface area (Å²) in [7, 11) is 1.58. The Kier molecular flexibility index (Phi) is 5.53. The Bertz CT molecular complexity index is 1180. The smallest absolute Gasteiger partial charge is 0.255 e. The Balaban J connectivity index is 1.52. The molecule has 5 nitrogen and oxygen atoms in total. The molecule has 5 heteroatoms. The predicted molar refractivity (Wildman–Crippen MR) is 119 cm³/mol. The van der Waals surface area contributed by atoms with Crippen molar-refractivity contribution in [3.8, 4) is 17.2 Å². The van der Waals surface area contributed by atoms with Crippen molar-refractivity contribution in [3.05, 3.63) is 77.9 Å². The van der Waals surface area contributed by atoms with Gasteiger partial charge < -0.3 is 14.5 Å². The molecule has 0 spiro atoms.